The third kappa shape index (κ3) is 6.63. The quantitative estimate of drug-likeness (QED) is 0.354. The molecule has 3 aliphatic heterocycles. The molecule has 4 N–H and O–H groups in total. The number of ether oxygens (including phenoxy) is 4. The molecule has 0 saturated carbocycles. The minimum absolute atomic E-state index is 0.00284. The molecule has 2 unspecified atom stereocenters. The minimum Gasteiger partial charge on any atom is -0.459 e. The van der Waals surface area contributed by atoms with E-state index in [1.165, 1.54) is 6.92 Å². The van der Waals surface area contributed by atoms with Gasteiger partial charge in [0, 0.05) is 24.5 Å². The molecule has 0 amide bonds. The zero-order chi connectivity index (χ0) is 31.2. The van der Waals surface area contributed by atoms with E-state index in [2.05, 4.69) is 6.92 Å². The summed E-state index contributed by atoms with van der Waals surface area (Å²) in [6, 6.07) is -0.628. The summed E-state index contributed by atoms with van der Waals surface area (Å²) >= 11 is 0. The molecule has 11 heteroatoms. The van der Waals surface area contributed by atoms with Crippen molar-refractivity contribution in [2.45, 2.75) is 141 Å². The Hall–Kier alpha value is -0.890. The molecule has 3 fully saturated rings. The zero-order valence-electron chi connectivity index (χ0n) is 26.9. The highest BCUT2D eigenvalue weighted by Crippen LogP contribution is 2.50. The first-order chi connectivity index (χ1) is 18.8. The topological polar surface area (TPSA) is 141 Å². The van der Waals surface area contributed by atoms with Gasteiger partial charge >= 0.3 is 5.97 Å². The second kappa shape index (κ2) is 12.6. The first-order valence-electron chi connectivity index (χ1n) is 15.2. The van der Waals surface area contributed by atoms with Crippen molar-refractivity contribution in [1.29, 1.82) is 0 Å². The van der Waals surface area contributed by atoms with E-state index in [9.17, 15) is 25.2 Å². The molecule has 41 heavy (non-hydrogen) atoms. The number of aliphatic hydroxyl groups is 4. The van der Waals surface area contributed by atoms with Crippen molar-refractivity contribution in [3.8, 4) is 0 Å². The number of fused-ring (bicyclic) bond motifs is 2. The van der Waals surface area contributed by atoms with E-state index in [4.69, 9.17) is 18.9 Å². The van der Waals surface area contributed by atoms with Gasteiger partial charge in [-0.05, 0) is 80.9 Å². The van der Waals surface area contributed by atoms with E-state index >= 15 is 0 Å². The van der Waals surface area contributed by atoms with E-state index in [1.807, 2.05) is 51.7 Å². The highest BCUT2D eigenvalue weighted by atomic mass is 16.7. The van der Waals surface area contributed by atoms with Crippen LogP contribution in [-0.4, -0.2) is 130 Å². The molecular weight excluding hydrogens is 532 g/mol. The largest absolute Gasteiger partial charge is 0.459 e. The van der Waals surface area contributed by atoms with Gasteiger partial charge in [-0.2, -0.15) is 0 Å². The molecule has 2 bridgehead atoms. The monoisotopic (exact) mass is 588 g/mol. The molecule has 240 valence electrons. The van der Waals surface area contributed by atoms with Gasteiger partial charge in [-0.1, -0.05) is 20.8 Å². The van der Waals surface area contributed by atoms with Gasteiger partial charge in [0.1, 0.15) is 29.8 Å². The van der Waals surface area contributed by atoms with Gasteiger partial charge in [0.2, 0.25) is 0 Å². The maximum atomic E-state index is 13.5. The number of carbonyl (C=O) groups is 1. The van der Waals surface area contributed by atoms with Crippen LogP contribution in [0.3, 0.4) is 0 Å². The Bertz CT molecular complexity index is 905. The first-order valence-corrected chi connectivity index (χ1v) is 15.2. The van der Waals surface area contributed by atoms with E-state index in [0.29, 0.717) is 19.4 Å². The van der Waals surface area contributed by atoms with Crippen LogP contribution in [0.1, 0.15) is 74.7 Å². The van der Waals surface area contributed by atoms with Crippen LogP contribution in [0.5, 0.6) is 0 Å². The molecule has 0 aromatic heterocycles. The number of rotatable bonds is 4. The molecule has 14 atom stereocenters. The van der Waals surface area contributed by atoms with Crippen LogP contribution >= 0.6 is 0 Å². The predicted molar refractivity (Wildman–Crippen MR) is 153 cm³/mol. The van der Waals surface area contributed by atoms with Crippen LogP contribution in [0.15, 0.2) is 0 Å². The predicted octanol–water partition coefficient (Wildman–Crippen LogP) is 1.34. The SMILES string of the molecule is CC[C@H]1OC(=O)[C@H](C)C2(O)O[C@@](C)(C[C@@H](C)CN(C)[C@H](C)[C@@H](O)[C@]1(C)O)[C@H](O[C@@H]1O[C@H](C)CC(N(C)C)[C@H]1O)[C@H]2C. The van der Waals surface area contributed by atoms with Crippen LogP contribution < -0.4 is 0 Å². The van der Waals surface area contributed by atoms with Crippen molar-refractivity contribution in [1.82, 2.24) is 9.80 Å². The van der Waals surface area contributed by atoms with Crippen molar-refractivity contribution < 1.29 is 44.2 Å². The number of carbonyl (C=O) groups excluding carboxylic acids is 1. The lowest BCUT2D eigenvalue weighted by Gasteiger charge is -2.44. The van der Waals surface area contributed by atoms with Gasteiger partial charge < -0.3 is 49.2 Å². The fourth-order valence-electron chi connectivity index (χ4n) is 7.33. The second-order valence-electron chi connectivity index (χ2n) is 13.8. The van der Waals surface area contributed by atoms with Crippen LogP contribution in [0.2, 0.25) is 0 Å². The highest BCUT2D eigenvalue weighted by molar-refractivity contribution is 5.73. The maximum Gasteiger partial charge on any atom is 0.314 e. The standard InChI is InChI=1S/C30H56N2O9/c1-12-22-29(8,36)24(34)20(6)32(11)15-16(2)14-28(7)25(18(4)30(37,41-28)19(5)26(35)39-22)40-27-23(33)21(31(9)10)13-17(3)38-27/h16-25,27,33-34,36-37H,12-15H2,1-11H3/t16-,17-,18-,19+,20-,21?,22-,23-,24-,25-,27+,28+,29-,30?/m1/s1. The number of nitrogens with zero attached hydrogens (tertiary/aromatic N) is 2. The Balaban J connectivity index is 2.03. The lowest BCUT2D eigenvalue weighted by atomic mass is 9.80. The van der Waals surface area contributed by atoms with Gasteiger partial charge in [-0.25, -0.2) is 0 Å². The van der Waals surface area contributed by atoms with Crippen molar-refractivity contribution in [2.75, 3.05) is 27.7 Å². The van der Waals surface area contributed by atoms with Gasteiger partial charge in [0.15, 0.2) is 12.1 Å². The summed E-state index contributed by atoms with van der Waals surface area (Å²) in [6.07, 6.45) is -3.65. The van der Waals surface area contributed by atoms with Crippen LogP contribution in [-0.2, 0) is 23.7 Å². The molecule has 0 radical (unpaired) electrons. The Morgan fingerprint density at radius 3 is 2.27 bits per heavy atom. The molecule has 11 nitrogen and oxygen atoms in total. The average Bonchev–Trinajstić information content (AvgIpc) is 3.06. The smallest absolute Gasteiger partial charge is 0.314 e. The highest BCUT2D eigenvalue weighted by Gasteiger charge is 2.64. The van der Waals surface area contributed by atoms with Gasteiger partial charge in [-0.3, -0.25) is 4.79 Å². The van der Waals surface area contributed by atoms with Crippen molar-refractivity contribution in [2.24, 2.45) is 17.8 Å². The number of hydrogen-bond acceptors (Lipinski definition) is 11. The number of likely N-dealkylation sites (N-methyl/N-ethyl adjacent to an activating group) is 2. The van der Waals surface area contributed by atoms with Crippen molar-refractivity contribution in [3.05, 3.63) is 0 Å². The molecule has 0 spiro atoms. The zero-order valence-corrected chi connectivity index (χ0v) is 26.9. The van der Waals surface area contributed by atoms with Crippen LogP contribution in [0.4, 0.5) is 0 Å². The molecule has 3 saturated heterocycles. The van der Waals surface area contributed by atoms with E-state index in [1.54, 1.807) is 20.8 Å². The molecule has 3 aliphatic rings. The van der Waals surface area contributed by atoms with Gasteiger partial charge in [0.05, 0.1) is 17.8 Å². The lowest BCUT2D eigenvalue weighted by Crippen LogP contribution is -2.59. The molecule has 0 aliphatic carbocycles. The molecular formula is C30H56N2O9. The van der Waals surface area contributed by atoms with Gasteiger partial charge in [-0.15, -0.1) is 0 Å². The third-order valence-corrected chi connectivity index (χ3v) is 10.0. The molecule has 3 rings (SSSR count). The average molecular weight is 589 g/mol. The van der Waals surface area contributed by atoms with Crippen LogP contribution in [0, 0.1) is 17.8 Å². The number of esters is 1. The van der Waals surface area contributed by atoms with Crippen LogP contribution in [0.25, 0.3) is 0 Å². The van der Waals surface area contributed by atoms with Gasteiger partial charge in [0.25, 0.3) is 0 Å². The Morgan fingerprint density at radius 2 is 1.71 bits per heavy atom. The lowest BCUT2D eigenvalue weighted by molar-refractivity contribution is -0.286. The summed E-state index contributed by atoms with van der Waals surface area (Å²) < 4.78 is 24.9. The fraction of sp³-hybridized carbons (Fsp3) is 0.967. The summed E-state index contributed by atoms with van der Waals surface area (Å²) in [5.41, 5.74) is -2.79. The fourth-order valence-corrected chi connectivity index (χ4v) is 7.33. The number of cyclic esters (lactones) is 1. The maximum absolute atomic E-state index is 13.5. The van der Waals surface area contributed by atoms with Crippen molar-refractivity contribution in [3.63, 3.8) is 0 Å². The Labute approximate surface area is 246 Å². The summed E-state index contributed by atoms with van der Waals surface area (Å²) in [7, 11) is 5.69. The van der Waals surface area contributed by atoms with E-state index in [-0.39, 0.29) is 24.5 Å². The Morgan fingerprint density at radius 1 is 1.10 bits per heavy atom. The van der Waals surface area contributed by atoms with Crippen molar-refractivity contribution >= 4 is 5.97 Å². The molecule has 0 aromatic carbocycles. The first kappa shape index (κ1) is 34.6. The van der Waals surface area contributed by atoms with E-state index < -0.39 is 71.5 Å². The normalized spacial score (nSPS) is 50.9. The van der Waals surface area contributed by atoms with E-state index in [0.717, 1.165) is 0 Å². The minimum atomic E-state index is -1.96. The summed E-state index contributed by atoms with van der Waals surface area (Å²) in [4.78, 5) is 17.5. The summed E-state index contributed by atoms with van der Waals surface area (Å²) in [5, 5.41) is 45.8. The second-order valence-corrected chi connectivity index (χ2v) is 13.8. The third-order valence-electron chi connectivity index (χ3n) is 10.0. The number of hydrogen-bond donors (Lipinski definition) is 4. The molecule has 0 aromatic rings. The Kier molecular flexibility index (Phi) is 10.6. The summed E-state index contributed by atoms with van der Waals surface area (Å²) in [5.74, 6) is -4.56. The number of aliphatic hydroxyl groups excluding tert-OH is 2. The molecule has 3 heterocycles. The summed E-state index contributed by atoms with van der Waals surface area (Å²) in [6.45, 7) is 14.8.